The summed E-state index contributed by atoms with van der Waals surface area (Å²) in [6, 6.07) is 7.71. The Bertz CT molecular complexity index is 365. The summed E-state index contributed by atoms with van der Waals surface area (Å²) < 4.78 is 6.17. The van der Waals surface area contributed by atoms with E-state index < -0.39 is 5.97 Å². The van der Waals surface area contributed by atoms with Gasteiger partial charge < -0.3 is 9.84 Å². The van der Waals surface area contributed by atoms with E-state index in [0.717, 1.165) is 10.0 Å². The lowest BCUT2D eigenvalue weighted by atomic mass is 9.97. The van der Waals surface area contributed by atoms with Crippen LogP contribution in [0.2, 0.25) is 0 Å². The molecule has 0 aliphatic carbocycles. The molecular formula is C13H17BrO3. The molecule has 0 heterocycles. The van der Waals surface area contributed by atoms with Crippen LogP contribution in [0.25, 0.3) is 0 Å². The van der Waals surface area contributed by atoms with E-state index in [1.54, 1.807) is 0 Å². The monoisotopic (exact) mass is 300 g/mol. The minimum atomic E-state index is -0.763. The molecule has 0 amide bonds. The van der Waals surface area contributed by atoms with E-state index in [1.165, 1.54) is 0 Å². The number of aliphatic carboxylic acids is 1. The fraction of sp³-hybridized carbons (Fsp3) is 0.462. The van der Waals surface area contributed by atoms with Crippen molar-refractivity contribution in [2.45, 2.75) is 19.8 Å². The van der Waals surface area contributed by atoms with Crippen molar-refractivity contribution in [3.05, 3.63) is 34.3 Å². The zero-order valence-electron chi connectivity index (χ0n) is 9.86. The van der Waals surface area contributed by atoms with Gasteiger partial charge in [0.05, 0.1) is 5.92 Å². The first kappa shape index (κ1) is 14.2. The van der Waals surface area contributed by atoms with Gasteiger partial charge in [-0.1, -0.05) is 34.1 Å². The van der Waals surface area contributed by atoms with Crippen molar-refractivity contribution in [3.63, 3.8) is 0 Å². The second-order valence-electron chi connectivity index (χ2n) is 3.82. The van der Waals surface area contributed by atoms with Crippen LogP contribution < -0.4 is 0 Å². The zero-order chi connectivity index (χ0) is 12.7. The Balaban J connectivity index is 2.61. The Morgan fingerprint density at radius 1 is 1.47 bits per heavy atom. The molecule has 0 aliphatic heterocycles. The molecule has 4 heteroatoms. The van der Waals surface area contributed by atoms with Gasteiger partial charge in [0.15, 0.2) is 0 Å². The molecule has 0 saturated carbocycles. The molecule has 0 aliphatic rings. The SMILES string of the molecule is CCOCCC(Cc1ccccc1Br)C(=O)O. The highest BCUT2D eigenvalue weighted by Crippen LogP contribution is 2.21. The predicted molar refractivity (Wildman–Crippen MR) is 70.1 cm³/mol. The van der Waals surface area contributed by atoms with Gasteiger partial charge in [-0.3, -0.25) is 4.79 Å². The van der Waals surface area contributed by atoms with E-state index in [1.807, 2.05) is 31.2 Å². The first-order valence-corrected chi connectivity index (χ1v) is 6.48. The Labute approximate surface area is 110 Å². The summed E-state index contributed by atoms with van der Waals surface area (Å²) in [7, 11) is 0. The van der Waals surface area contributed by atoms with E-state index in [4.69, 9.17) is 9.84 Å². The van der Waals surface area contributed by atoms with Gasteiger partial charge in [-0.25, -0.2) is 0 Å². The number of benzene rings is 1. The van der Waals surface area contributed by atoms with E-state index in [9.17, 15) is 4.79 Å². The predicted octanol–water partition coefficient (Wildman–Crippen LogP) is 3.12. The number of ether oxygens (including phenoxy) is 1. The number of hydrogen-bond donors (Lipinski definition) is 1. The zero-order valence-corrected chi connectivity index (χ0v) is 11.4. The third-order valence-corrected chi connectivity index (χ3v) is 3.36. The van der Waals surface area contributed by atoms with Crippen molar-refractivity contribution < 1.29 is 14.6 Å². The maximum Gasteiger partial charge on any atom is 0.306 e. The van der Waals surface area contributed by atoms with Crippen LogP contribution in [0.5, 0.6) is 0 Å². The second-order valence-corrected chi connectivity index (χ2v) is 4.67. The molecule has 0 fully saturated rings. The number of carboxylic acids is 1. The molecule has 94 valence electrons. The molecule has 0 bridgehead atoms. The van der Waals surface area contributed by atoms with Crippen LogP contribution in [0.3, 0.4) is 0 Å². The lowest BCUT2D eigenvalue weighted by Gasteiger charge is -2.13. The summed E-state index contributed by atoms with van der Waals surface area (Å²) in [5.74, 6) is -1.15. The largest absolute Gasteiger partial charge is 0.481 e. The van der Waals surface area contributed by atoms with E-state index in [0.29, 0.717) is 26.1 Å². The van der Waals surface area contributed by atoms with Gasteiger partial charge in [0, 0.05) is 17.7 Å². The maximum atomic E-state index is 11.1. The molecule has 1 atom stereocenters. The Kier molecular flexibility index (Phi) is 6.22. The Morgan fingerprint density at radius 3 is 2.76 bits per heavy atom. The van der Waals surface area contributed by atoms with Gasteiger partial charge >= 0.3 is 5.97 Å². The van der Waals surface area contributed by atoms with Gasteiger partial charge in [-0.15, -0.1) is 0 Å². The number of rotatable bonds is 7. The lowest BCUT2D eigenvalue weighted by molar-refractivity contribution is -0.142. The first-order valence-electron chi connectivity index (χ1n) is 5.69. The highest BCUT2D eigenvalue weighted by Gasteiger charge is 2.18. The number of halogens is 1. The molecule has 3 nitrogen and oxygen atoms in total. The van der Waals surface area contributed by atoms with Gasteiger partial charge in [0.2, 0.25) is 0 Å². The van der Waals surface area contributed by atoms with Crippen molar-refractivity contribution in [2.24, 2.45) is 5.92 Å². The second kappa shape index (κ2) is 7.45. The van der Waals surface area contributed by atoms with Crippen LogP contribution in [0.15, 0.2) is 28.7 Å². The summed E-state index contributed by atoms with van der Waals surface area (Å²) in [5, 5.41) is 9.15. The van der Waals surface area contributed by atoms with Crippen molar-refractivity contribution in [1.82, 2.24) is 0 Å². The van der Waals surface area contributed by atoms with Crippen molar-refractivity contribution in [1.29, 1.82) is 0 Å². The molecule has 1 aromatic rings. The topological polar surface area (TPSA) is 46.5 Å². The van der Waals surface area contributed by atoms with Crippen LogP contribution >= 0.6 is 15.9 Å². The third-order valence-electron chi connectivity index (χ3n) is 2.59. The average molecular weight is 301 g/mol. The van der Waals surface area contributed by atoms with Gasteiger partial charge in [0.25, 0.3) is 0 Å². The normalized spacial score (nSPS) is 12.4. The molecule has 1 aromatic carbocycles. The van der Waals surface area contributed by atoms with E-state index >= 15 is 0 Å². The lowest BCUT2D eigenvalue weighted by Crippen LogP contribution is -2.18. The minimum absolute atomic E-state index is 0.389. The van der Waals surface area contributed by atoms with Crippen LogP contribution in [0, 0.1) is 5.92 Å². The summed E-state index contributed by atoms with van der Waals surface area (Å²) in [4.78, 5) is 11.1. The van der Waals surface area contributed by atoms with E-state index in [-0.39, 0.29) is 5.92 Å². The van der Waals surface area contributed by atoms with Crippen molar-refractivity contribution in [3.8, 4) is 0 Å². The smallest absolute Gasteiger partial charge is 0.306 e. The Morgan fingerprint density at radius 2 is 2.18 bits per heavy atom. The number of carbonyl (C=O) groups is 1. The van der Waals surface area contributed by atoms with Crippen LogP contribution in [0.1, 0.15) is 18.9 Å². The summed E-state index contributed by atoms with van der Waals surface area (Å²) in [6.07, 6.45) is 1.08. The van der Waals surface area contributed by atoms with Gasteiger partial charge in [0.1, 0.15) is 0 Å². The van der Waals surface area contributed by atoms with E-state index in [2.05, 4.69) is 15.9 Å². The molecule has 0 aromatic heterocycles. The number of hydrogen-bond acceptors (Lipinski definition) is 2. The van der Waals surface area contributed by atoms with Crippen LogP contribution in [-0.4, -0.2) is 24.3 Å². The summed E-state index contributed by atoms with van der Waals surface area (Å²) in [6.45, 7) is 3.03. The first-order chi connectivity index (χ1) is 8.15. The Hall–Kier alpha value is -0.870. The fourth-order valence-corrected chi connectivity index (χ4v) is 2.06. The molecule has 17 heavy (non-hydrogen) atoms. The van der Waals surface area contributed by atoms with Crippen molar-refractivity contribution in [2.75, 3.05) is 13.2 Å². The average Bonchev–Trinajstić information content (AvgIpc) is 2.30. The molecule has 1 rings (SSSR count). The fourth-order valence-electron chi connectivity index (χ4n) is 1.61. The van der Waals surface area contributed by atoms with Crippen molar-refractivity contribution >= 4 is 21.9 Å². The molecule has 0 radical (unpaired) electrons. The van der Waals surface area contributed by atoms with Crippen LogP contribution in [0.4, 0.5) is 0 Å². The highest BCUT2D eigenvalue weighted by molar-refractivity contribution is 9.10. The maximum absolute atomic E-state index is 11.1. The summed E-state index contributed by atoms with van der Waals surface area (Å²) >= 11 is 3.43. The third kappa shape index (κ3) is 4.88. The van der Waals surface area contributed by atoms with Gasteiger partial charge in [-0.2, -0.15) is 0 Å². The molecule has 1 unspecified atom stereocenters. The van der Waals surface area contributed by atoms with Gasteiger partial charge in [-0.05, 0) is 31.4 Å². The highest BCUT2D eigenvalue weighted by atomic mass is 79.9. The molecule has 1 N–H and O–H groups in total. The minimum Gasteiger partial charge on any atom is -0.481 e. The molecule has 0 saturated heterocycles. The quantitative estimate of drug-likeness (QED) is 0.787. The summed E-state index contributed by atoms with van der Waals surface area (Å²) in [5.41, 5.74) is 1.02. The molecule has 0 spiro atoms. The standard InChI is InChI=1S/C13H17BrO3/c1-2-17-8-7-11(13(15)16)9-10-5-3-4-6-12(10)14/h3-6,11H,2,7-9H2,1H3,(H,15,16). The molecular weight excluding hydrogens is 284 g/mol. The van der Waals surface area contributed by atoms with Crippen LogP contribution in [-0.2, 0) is 16.0 Å². The number of carboxylic acid groups (broad SMARTS) is 1.